The molecule has 5 heteroatoms. The molecule has 0 radical (unpaired) electrons. The number of nitriles is 1. The average molecular weight is 417 g/mol. The van der Waals surface area contributed by atoms with E-state index in [-0.39, 0.29) is 5.92 Å². The smallest absolute Gasteiger partial charge is 0.285 e. The van der Waals surface area contributed by atoms with Crippen LogP contribution in [0.3, 0.4) is 0 Å². The Labute approximate surface area is 179 Å². The number of aryl methyl sites for hydroxylation is 2. The maximum atomic E-state index is 11.3. The molecule has 160 valence electrons. The van der Waals surface area contributed by atoms with Crippen molar-refractivity contribution in [3.63, 3.8) is 0 Å². The van der Waals surface area contributed by atoms with E-state index in [9.17, 15) is 4.21 Å². The molecule has 3 aliphatic carbocycles. The molecule has 0 bridgehead atoms. The van der Waals surface area contributed by atoms with Crippen LogP contribution in [-0.2, 0) is 24.1 Å². The van der Waals surface area contributed by atoms with E-state index in [1.165, 1.54) is 44.1 Å². The summed E-state index contributed by atoms with van der Waals surface area (Å²) in [5, 5.41) is 13.2. The first kappa shape index (κ1) is 22.3. The minimum absolute atomic E-state index is 0.190. The van der Waals surface area contributed by atoms with Gasteiger partial charge in [0.25, 0.3) is 11.3 Å². The number of hydrogen-bond donors (Lipinski definition) is 1. The quantitative estimate of drug-likeness (QED) is 0.699. The van der Waals surface area contributed by atoms with E-state index >= 15 is 0 Å². The van der Waals surface area contributed by atoms with Crippen molar-refractivity contribution in [2.24, 2.45) is 28.3 Å². The van der Waals surface area contributed by atoms with Gasteiger partial charge < -0.3 is 4.18 Å². The fourth-order valence-electron chi connectivity index (χ4n) is 6.08. The van der Waals surface area contributed by atoms with Crippen molar-refractivity contribution in [2.75, 3.05) is 0 Å². The SMILES string of the molecule is CC(C)C#N.CCc1cc2c(cc1OS(N)=O)CCC1C2CCC2(C)CCCC12. The number of nitrogens with zero attached hydrogens (tertiary/aromatic N) is 1. The van der Waals surface area contributed by atoms with Gasteiger partial charge in [-0.25, -0.2) is 5.14 Å². The van der Waals surface area contributed by atoms with Crippen LogP contribution in [0.4, 0.5) is 0 Å². The van der Waals surface area contributed by atoms with E-state index in [1.807, 2.05) is 19.9 Å². The van der Waals surface area contributed by atoms with Gasteiger partial charge in [-0.1, -0.05) is 26.3 Å². The molecule has 5 unspecified atom stereocenters. The van der Waals surface area contributed by atoms with Crippen molar-refractivity contribution in [1.82, 2.24) is 0 Å². The van der Waals surface area contributed by atoms with Gasteiger partial charge in [0, 0.05) is 5.92 Å². The highest BCUT2D eigenvalue weighted by molar-refractivity contribution is 7.78. The van der Waals surface area contributed by atoms with Crippen LogP contribution < -0.4 is 9.32 Å². The van der Waals surface area contributed by atoms with Crippen molar-refractivity contribution < 1.29 is 8.39 Å². The molecule has 0 aliphatic heterocycles. The average Bonchev–Trinajstić information content (AvgIpc) is 3.09. The zero-order chi connectivity index (χ0) is 21.2. The molecule has 0 saturated heterocycles. The molecule has 4 nitrogen and oxygen atoms in total. The molecule has 1 aromatic carbocycles. The van der Waals surface area contributed by atoms with E-state index in [2.05, 4.69) is 26.0 Å². The van der Waals surface area contributed by atoms with Gasteiger partial charge >= 0.3 is 0 Å². The van der Waals surface area contributed by atoms with Gasteiger partial charge in [0.1, 0.15) is 5.75 Å². The molecule has 2 saturated carbocycles. The first-order valence-corrected chi connectivity index (χ1v) is 12.3. The van der Waals surface area contributed by atoms with Crippen LogP contribution in [0.1, 0.15) is 88.8 Å². The fourth-order valence-corrected chi connectivity index (χ4v) is 6.41. The summed E-state index contributed by atoms with van der Waals surface area (Å²) in [6, 6.07) is 6.49. The summed E-state index contributed by atoms with van der Waals surface area (Å²) in [7, 11) is 0. The Bertz CT molecular complexity index is 801. The number of nitrogens with two attached hydrogens (primary N) is 1. The van der Waals surface area contributed by atoms with Crippen LogP contribution in [0.2, 0.25) is 0 Å². The maximum absolute atomic E-state index is 11.3. The lowest BCUT2D eigenvalue weighted by atomic mass is 9.56. The molecular weight excluding hydrogens is 380 g/mol. The van der Waals surface area contributed by atoms with Crippen molar-refractivity contribution in [1.29, 1.82) is 5.26 Å². The van der Waals surface area contributed by atoms with Crippen LogP contribution in [0.25, 0.3) is 0 Å². The second-order valence-corrected chi connectivity index (χ2v) is 10.3. The fraction of sp³-hybridized carbons (Fsp3) is 0.708. The van der Waals surface area contributed by atoms with E-state index in [0.29, 0.717) is 11.3 Å². The molecule has 0 heterocycles. The van der Waals surface area contributed by atoms with Crippen LogP contribution in [0.15, 0.2) is 12.1 Å². The van der Waals surface area contributed by atoms with Crippen LogP contribution >= 0.6 is 0 Å². The van der Waals surface area contributed by atoms with E-state index in [1.54, 1.807) is 5.56 Å². The van der Waals surface area contributed by atoms with Crippen LogP contribution in [0, 0.1) is 34.5 Å². The third-order valence-electron chi connectivity index (χ3n) is 7.50. The lowest BCUT2D eigenvalue weighted by Crippen LogP contribution is -2.39. The molecule has 0 spiro atoms. The minimum Gasteiger partial charge on any atom is -0.389 e. The van der Waals surface area contributed by atoms with Crippen molar-refractivity contribution >= 4 is 11.3 Å². The van der Waals surface area contributed by atoms with E-state index in [0.717, 1.165) is 36.0 Å². The van der Waals surface area contributed by atoms with Crippen molar-refractivity contribution in [3.05, 3.63) is 28.8 Å². The standard InChI is InChI=1S/C20H29NO2S.C4H7N/c1-3-13-11-17-14(12-19(13)23-24(21)22)6-7-16-15(17)8-10-20(2)9-4-5-18(16)20;1-4(2)3-5/h11-12,15-16,18H,3-10,21H2,1-2H3;4H,1-2H3. The second-order valence-electron chi connectivity index (χ2n) is 9.64. The summed E-state index contributed by atoms with van der Waals surface area (Å²) >= 11 is -1.75. The molecule has 5 atom stereocenters. The largest absolute Gasteiger partial charge is 0.389 e. The topological polar surface area (TPSA) is 76.1 Å². The number of fused-ring (bicyclic) bond motifs is 5. The van der Waals surface area contributed by atoms with E-state index in [4.69, 9.17) is 14.6 Å². The van der Waals surface area contributed by atoms with Gasteiger partial charge in [-0.05, 0) is 105 Å². The first-order chi connectivity index (χ1) is 13.8. The predicted octanol–water partition coefficient (Wildman–Crippen LogP) is 5.58. The van der Waals surface area contributed by atoms with Gasteiger partial charge in [-0.3, -0.25) is 0 Å². The van der Waals surface area contributed by atoms with Crippen molar-refractivity contribution in [3.8, 4) is 11.8 Å². The third kappa shape index (κ3) is 4.70. The summed E-state index contributed by atoms with van der Waals surface area (Å²) < 4.78 is 16.7. The summed E-state index contributed by atoms with van der Waals surface area (Å²) in [6.07, 6.45) is 10.3. The summed E-state index contributed by atoms with van der Waals surface area (Å²) in [5.74, 6) is 3.40. The molecule has 4 rings (SSSR count). The van der Waals surface area contributed by atoms with Gasteiger partial charge in [0.15, 0.2) is 0 Å². The molecule has 0 amide bonds. The number of benzene rings is 1. The second kappa shape index (κ2) is 9.18. The summed E-state index contributed by atoms with van der Waals surface area (Å²) in [5.41, 5.74) is 4.70. The molecule has 2 fully saturated rings. The highest BCUT2D eigenvalue weighted by atomic mass is 32.2. The summed E-state index contributed by atoms with van der Waals surface area (Å²) in [4.78, 5) is 0. The highest BCUT2D eigenvalue weighted by Crippen LogP contribution is 2.61. The Hall–Kier alpha value is -1.38. The number of hydrogen-bond acceptors (Lipinski definition) is 3. The van der Waals surface area contributed by atoms with E-state index < -0.39 is 11.3 Å². The zero-order valence-electron chi connectivity index (χ0n) is 18.4. The third-order valence-corrected chi connectivity index (χ3v) is 7.84. The number of rotatable bonds is 3. The monoisotopic (exact) mass is 416 g/mol. The Morgan fingerprint density at radius 3 is 2.66 bits per heavy atom. The lowest BCUT2D eigenvalue weighted by Gasteiger charge is -2.49. The minimum atomic E-state index is -1.75. The predicted molar refractivity (Wildman–Crippen MR) is 118 cm³/mol. The Kier molecular flexibility index (Phi) is 7.06. The highest BCUT2D eigenvalue weighted by Gasteiger charge is 2.50. The molecule has 3 aliphatic rings. The zero-order valence-corrected chi connectivity index (χ0v) is 19.2. The maximum Gasteiger partial charge on any atom is 0.285 e. The summed E-state index contributed by atoms with van der Waals surface area (Å²) in [6.45, 7) is 8.39. The lowest BCUT2D eigenvalue weighted by molar-refractivity contribution is 0.0598. The van der Waals surface area contributed by atoms with Gasteiger partial charge in [0.2, 0.25) is 0 Å². The molecule has 1 aromatic rings. The van der Waals surface area contributed by atoms with Gasteiger partial charge in [-0.15, -0.1) is 0 Å². The van der Waals surface area contributed by atoms with Gasteiger partial charge in [-0.2, -0.15) is 9.47 Å². The molecule has 2 N–H and O–H groups in total. The Morgan fingerprint density at radius 2 is 2.03 bits per heavy atom. The van der Waals surface area contributed by atoms with Crippen molar-refractivity contribution in [2.45, 2.75) is 85.0 Å². The molecule has 0 aromatic heterocycles. The molecular formula is C24H36N2O2S. The Morgan fingerprint density at radius 1 is 1.31 bits per heavy atom. The van der Waals surface area contributed by atoms with Crippen LogP contribution in [-0.4, -0.2) is 4.21 Å². The molecule has 29 heavy (non-hydrogen) atoms. The first-order valence-electron chi connectivity index (χ1n) is 11.2. The van der Waals surface area contributed by atoms with Gasteiger partial charge in [0.05, 0.1) is 6.07 Å². The Balaban J connectivity index is 0.000000431. The van der Waals surface area contributed by atoms with Crippen LogP contribution in [0.5, 0.6) is 5.75 Å². The normalized spacial score (nSPS) is 30.9.